The predicted octanol–water partition coefficient (Wildman–Crippen LogP) is 2.39. The standard InChI is InChI=1S/C34H45N7O6S/c1-20(2)25-11-6-21(3)15-29(43)37-26(16-22-7-9-24(42)10-8-22)31(45)35-12-4-5-30(44)41-18-23(17-28(41)33(47)38-25)36-32(46)27-19-40-13-14-48-34(40)39-27/h7-10,13-14,19-21,23,25-26,28,42H,4-6,11-12,15-18H2,1-3H3,(H,35,45)(H,36,46)(H,37,43)(H,38,47)/t21-,23-,25+,26+,28+/m1/s1. The number of thiazole rings is 1. The first-order valence-electron chi connectivity index (χ1n) is 16.6. The number of phenols is 1. The Morgan fingerprint density at radius 1 is 1.10 bits per heavy atom. The van der Waals surface area contributed by atoms with Crippen LogP contribution >= 0.6 is 11.3 Å². The highest BCUT2D eigenvalue weighted by Gasteiger charge is 2.41. The predicted molar refractivity (Wildman–Crippen MR) is 180 cm³/mol. The van der Waals surface area contributed by atoms with Gasteiger partial charge >= 0.3 is 0 Å². The van der Waals surface area contributed by atoms with E-state index < -0.39 is 18.1 Å². The largest absolute Gasteiger partial charge is 0.508 e. The van der Waals surface area contributed by atoms with Crippen molar-refractivity contribution in [2.24, 2.45) is 11.8 Å². The maximum Gasteiger partial charge on any atom is 0.271 e. The number of carbonyl (C=O) groups is 5. The lowest BCUT2D eigenvalue weighted by molar-refractivity contribution is -0.139. The van der Waals surface area contributed by atoms with Gasteiger partial charge in [-0.15, -0.1) is 11.3 Å². The summed E-state index contributed by atoms with van der Waals surface area (Å²) in [7, 11) is 0. The number of hydrogen-bond donors (Lipinski definition) is 5. The van der Waals surface area contributed by atoms with Crippen molar-refractivity contribution in [2.45, 2.75) is 89.9 Å². The van der Waals surface area contributed by atoms with E-state index >= 15 is 0 Å². The van der Waals surface area contributed by atoms with Crippen molar-refractivity contribution in [2.75, 3.05) is 13.1 Å². The number of benzene rings is 1. The van der Waals surface area contributed by atoms with Crippen molar-refractivity contribution >= 4 is 45.8 Å². The summed E-state index contributed by atoms with van der Waals surface area (Å²) in [5.74, 6) is -1.27. The number of rotatable bonds is 5. The summed E-state index contributed by atoms with van der Waals surface area (Å²) in [6.07, 6.45) is 5.91. The second-order valence-corrected chi connectivity index (χ2v) is 14.2. The second kappa shape index (κ2) is 15.6. The smallest absolute Gasteiger partial charge is 0.271 e. The van der Waals surface area contributed by atoms with E-state index in [1.54, 1.807) is 27.6 Å². The monoisotopic (exact) mass is 679 g/mol. The van der Waals surface area contributed by atoms with Crippen LogP contribution in [0.5, 0.6) is 5.75 Å². The molecule has 0 radical (unpaired) electrons. The highest BCUT2D eigenvalue weighted by Crippen LogP contribution is 2.23. The Labute approximate surface area is 283 Å². The van der Waals surface area contributed by atoms with Crippen LogP contribution in [0.3, 0.4) is 0 Å². The highest BCUT2D eigenvalue weighted by atomic mass is 32.1. The van der Waals surface area contributed by atoms with Crippen LogP contribution in [0.15, 0.2) is 42.0 Å². The van der Waals surface area contributed by atoms with E-state index in [1.165, 1.54) is 23.5 Å². The van der Waals surface area contributed by atoms with Crippen LogP contribution in [0.25, 0.3) is 4.96 Å². The molecule has 2 aliphatic rings. The van der Waals surface area contributed by atoms with E-state index in [1.807, 2.05) is 32.3 Å². The lowest BCUT2D eigenvalue weighted by Gasteiger charge is -2.29. The third-order valence-electron chi connectivity index (χ3n) is 9.12. The average Bonchev–Trinajstić information content (AvgIpc) is 3.77. The normalized spacial score (nSPS) is 25.2. The first-order valence-corrected chi connectivity index (χ1v) is 17.5. The Morgan fingerprint density at radius 2 is 1.88 bits per heavy atom. The molecule has 0 unspecified atom stereocenters. The molecular formula is C34H45N7O6S. The first-order chi connectivity index (χ1) is 23.0. The number of hydrogen-bond acceptors (Lipinski definition) is 8. The van der Waals surface area contributed by atoms with Crippen molar-refractivity contribution < 1.29 is 29.1 Å². The molecule has 0 bridgehead atoms. The molecule has 48 heavy (non-hydrogen) atoms. The molecule has 5 atom stereocenters. The van der Waals surface area contributed by atoms with Crippen LogP contribution < -0.4 is 21.3 Å². The minimum atomic E-state index is -0.829. The summed E-state index contributed by atoms with van der Waals surface area (Å²) in [6.45, 7) is 6.40. The van der Waals surface area contributed by atoms with Gasteiger partial charge in [0.1, 0.15) is 23.5 Å². The molecule has 14 heteroatoms. The van der Waals surface area contributed by atoms with Crippen molar-refractivity contribution in [3.8, 4) is 5.75 Å². The molecule has 5 N–H and O–H groups in total. The van der Waals surface area contributed by atoms with Crippen molar-refractivity contribution in [3.63, 3.8) is 0 Å². The Morgan fingerprint density at radius 3 is 2.60 bits per heavy atom. The summed E-state index contributed by atoms with van der Waals surface area (Å²) in [5.41, 5.74) is 1.05. The van der Waals surface area contributed by atoms with Gasteiger partial charge in [0.15, 0.2) is 4.96 Å². The van der Waals surface area contributed by atoms with Gasteiger partial charge in [0, 0.05) is 62.2 Å². The topological polar surface area (TPSA) is 174 Å². The van der Waals surface area contributed by atoms with Gasteiger partial charge in [-0.1, -0.05) is 32.9 Å². The summed E-state index contributed by atoms with van der Waals surface area (Å²) >= 11 is 1.42. The molecule has 0 saturated carbocycles. The van der Waals surface area contributed by atoms with Crippen molar-refractivity contribution in [3.05, 3.63) is 53.3 Å². The molecule has 2 fully saturated rings. The Bertz CT molecular complexity index is 1590. The lowest BCUT2D eigenvalue weighted by Crippen LogP contribution is -2.50. The van der Waals surface area contributed by atoms with Crippen LogP contribution in [-0.2, 0) is 25.6 Å². The quantitative estimate of drug-likeness (QED) is 0.275. The number of nitrogens with one attached hydrogen (secondary N) is 4. The molecule has 5 rings (SSSR count). The van der Waals surface area contributed by atoms with Crippen LogP contribution in [0, 0.1) is 11.8 Å². The van der Waals surface area contributed by atoms with E-state index in [9.17, 15) is 29.1 Å². The van der Waals surface area contributed by atoms with Gasteiger partial charge in [-0.05, 0) is 55.2 Å². The molecule has 1 aromatic carbocycles. The molecule has 13 nitrogen and oxygen atoms in total. The minimum Gasteiger partial charge on any atom is -0.508 e. The summed E-state index contributed by atoms with van der Waals surface area (Å²) < 4.78 is 1.77. The van der Waals surface area contributed by atoms with Crippen LogP contribution in [0.1, 0.15) is 75.3 Å². The number of fused-ring (bicyclic) bond motifs is 2. The van der Waals surface area contributed by atoms with Gasteiger partial charge < -0.3 is 31.3 Å². The number of amides is 5. The fourth-order valence-electron chi connectivity index (χ4n) is 6.34. The molecule has 4 heterocycles. The summed E-state index contributed by atoms with van der Waals surface area (Å²) in [6, 6.07) is 4.28. The van der Waals surface area contributed by atoms with E-state index in [0.717, 1.165) is 5.56 Å². The fraction of sp³-hybridized carbons (Fsp3) is 0.529. The number of nitrogens with zero attached hydrogens (tertiary/aromatic N) is 3. The molecular weight excluding hydrogens is 634 g/mol. The van der Waals surface area contributed by atoms with E-state index in [4.69, 9.17) is 0 Å². The Balaban J connectivity index is 1.30. The van der Waals surface area contributed by atoms with Gasteiger partial charge in [0.25, 0.3) is 5.91 Å². The van der Waals surface area contributed by atoms with Gasteiger partial charge in [0.2, 0.25) is 23.6 Å². The third-order valence-corrected chi connectivity index (χ3v) is 9.89. The number of aromatic hydroxyl groups is 1. The van der Waals surface area contributed by atoms with Crippen molar-refractivity contribution in [1.82, 2.24) is 35.6 Å². The zero-order valence-electron chi connectivity index (χ0n) is 27.6. The lowest BCUT2D eigenvalue weighted by atomic mass is 9.92. The number of imidazole rings is 1. The number of carbonyl (C=O) groups excluding carboxylic acids is 5. The summed E-state index contributed by atoms with van der Waals surface area (Å²) in [5, 5.41) is 23.4. The maximum absolute atomic E-state index is 13.7. The molecule has 3 aromatic rings. The zero-order valence-corrected chi connectivity index (χ0v) is 28.4. The van der Waals surface area contributed by atoms with E-state index in [-0.39, 0.29) is 97.6 Å². The maximum atomic E-state index is 13.7. The molecule has 258 valence electrons. The van der Waals surface area contributed by atoms with Gasteiger partial charge in [-0.2, -0.15) is 0 Å². The van der Waals surface area contributed by atoms with Gasteiger partial charge in [-0.3, -0.25) is 28.4 Å². The molecule has 2 aliphatic heterocycles. The van der Waals surface area contributed by atoms with Crippen LogP contribution in [0.2, 0.25) is 0 Å². The molecule has 2 saturated heterocycles. The van der Waals surface area contributed by atoms with E-state index in [0.29, 0.717) is 24.2 Å². The summed E-state index contributed by atoms with van der Waals surface area (Å²) in [4.78, 5) is 73.3. The zero-order chi connectivity index (χ0) is 34.4. The fourth-order valence-corrected chi connectivity index (χ4v) is 7.04. The van der Waals surface area contributed by atoms with Crippen LogP contribution in [0.4, 0.5) is 0 Å². The third kappa shape index (κ3) is 8.91. The molecule has 0 aliphatic carbocycles. The molecule has 2 aromatic heterocycles. The Hall–Kier alpha value is -4.46. The second-order valence-electron chi connectivity index (χ2n) is 13.3. The minimum absolute atomic E-state index is 0.0122. The van der Waals surface area contributed by atoms with Gasteiger partial charge in [0.05, 0.1) is 0 Å². The average molecular weight is 680 g/mol. The SMILES string of the molecule is CC(C)[C@@H]1CC[C@@H](C)CC(=O)N[C@@H](Cc2ccc(O)cc2)C(=O)NCCCC(=O)N2C[C@H](NC(=O)c3cn4ccsc4n3)C[C@H]2C(=O)N1. The van der Waals surface area contributed by atoms with Crippen LogP contribution in [-0.4, -0.2) is 86.2 Å². The molecule has 0 spiro atoms. The molecule has 5 amide bonds. The number of aromatic nitrogens is 2. The Kier molecular flexibility index (Phi) is 11.3. The van der Waals surface area contributed by atoms with Gasteiger partial charge in [-0.25, -0.2) is 4.98 Å². The first kappa shape index (κ1) is 34.9. The van der Waals surface area contributed by atoms with Crippen molar-refractivity contribution in [1.29, 1.82) is 0 Å². The van der Waals surface area contributed by atoms with E-state index in [2.05, 4.69) is 26.3 Å². The number of phenolic OH excluding ortho intramolecular Hbond substituents is 1. The highest BCUT2D eigenvalue weighted by molar-refractivity contribution is 7.15.